The van der Waals surface area contributed by atoms with Gasteiger partial charge in [-0.05, 0) is 34.9 Å². The quantitative estimate of drug-likeness (QED) is 0.864. The first-order valence-corrected chi connectivity index (χ1v) is 6.42. The molecule has 1 fully saturated rings. The van der Waals surface area contributed by atoms with Crippen molar-refractivity contribution in [3.8, 4) is 11.4 Å². The Hall–Kier alpha value is -1.62. The molecule has 0 bridgehead atoms. The van der Waals surface area contributed by atoms with Gasteiger partial charge in [0.1, 0.15) is 0 Å². The van der Waals surface area contributed by atoms with Gasteiger partial charge in [0, 0.05) is 5.69 Å². The number of tetrazole rings is 1. The third-order valence-corrected chi connectivity index (χ3v) is 3.80. The SMILES string of the molecule is CCC1CC1n1nnnc1-c1c(N)cccc1Cl. The average Bonchev–Trinajstić information content (AvgIpc) is 2.99. The van der Waals surface area contributed by atoms with Crippen molar-refractivity contribution in [2.24, 2.45) is 5.92 Å². The molecule has 1 aromatic carbocycles. The van der Waals surface area contributed by atoms with Crippen LogP contribution < -0.4 is 5.73 Å². The largest absolute Gasteiger partial charge is 0.398 e. The van der Waals surface area contributed by atoms with E-state index in [2.05, 4.69) is 22.4 Å². The second-order valence-corrected chi connectivity index (χ2v) is 5.03. The molecular weight excluding hydrogens is 250 g/mol. The summed E-state index contributed by atoms with van der Waals surface area (Å²) < 4.78 is 1.85. The monoisotopic (exact) mass is 263 g/mol. The molecule has 2 atom stereocenters. The highest BCUT2D eigenvalue weighted by atomic mass is 35.5. The van der Waals surface area contributed by atoms with Crippen LogP contribution in [-0.2, 0) is 0 Å². The van der Waals surface area contributed by atoms with Crippen molar-refractivity contribution in [3.63, 3.8) is 0 Å². The number of halogens is 1. The fraction of sp³-hybridized carbons (Fsp3) is 0.417. The van der Waals surface area contributed by atoms with Gasteiger partial charge in [0.05, 0.1) is 16.6 Å². The van der Waals surface area contributed by atoms with Gasteiger partial charge >= 0.3 is 0 Å². The zero-order valence-corrected chi connectivity index (χ0v) is 10.8. The summed E-state index contributed by atoms with van der Waals surface area (Å²) >= 11 is 6.20. The Morgan fingerprint density at radius 1 is 1.50 bits per heavy atom. The van der Waals surface area contributed by atoms with Gasteiger partial charge < -0.3 is 5.73 Å². The summed E-state index contributed by atoms with van der Waals surface area (Å²) in [5, 5.41) is 12.5. The number of benzene rings is 1. The molecule has 1 heterocycles. The topological polar surface area (TPSA) is 69.6 Å². The van der Waals surface area contributed by atoms with Crippen LogP contribution >= 0.6 is 11.6 Å². The zero-order valence-electron chi connectivity index (χ0n) is 10.0. The smallest absolute Gasteiger partial charge is 0.185 e. The second-order valence-electron chi connectivity index (χ2n) is 4.62. The maximum atomic E-state index is 6.20. The number of nitrogens with zero attached hydrogens (tertiary/aromatic N) is 4. The van der Waals surface area contributed by atoms with Crippen LogP contribution in [-0.4, -0.2) is 20.2 Å². The number of rotatable bonds is 3. The molecule has 1 saturated carbocycles. The number of nitrogens with two attached hydrogens (primary N) is 1. The molecular formula is C12H14ClN5. The van der Waals surface area contributed by atoms with Crippen LogP contribution in [0.1, 0.15) is 25.8 Å². The van der Waals surface area contributed by atoms with Crippen LogP contribution in [0.5, 0.6) is 0 Å². The van der Waals surface area contributed by atoms with Crippen molar-refractivity contribution >= 4 is 17.3 Å². The van der Waals surface area contributed by atoms with E-state index < -0.39 is 0 Å². The summed E-state index contributed by atoms with van der Waals surface area (Å²) in [5.41, 5.74) is 7.31. The van der Waals surface area contributed by atoms with Gasteiger partial charge in [-0.15, -0.1) is 5.10 Å². The van der Waals surface area contributed by atoms with Crippen molar-refractivity contribution in [3.05, 3.63) is 23.2 Å². The lowest BCUT2D eigenvalue weighted by Gasteiger charge is -2.08. The van der Waals surface area contributed by atoms with Gasteiger partial charge in [-0.3, -0.25) is 0 Å². The van der Waals surface area contributed by atoms with E-state index in [1.54, 1.807) is 6.07 Å². The lowest BCUT2D eigenvalue weighted by molar-refractivity contribution is 0.563. The normalized spacial score (nSPS) is 22.1. The van der Waals surface area contributed by atoms with Gasteiger partial charge in [0.25, 0.3) is 0 Å². The second kappa shape index (κ2) is 4.24. The average molecular weight is 264 g/mol. The Balaban J connectivity index is 2.06. The first-order chi connectivity index (χ1) is 8.72. The molecule has 18 heavy (non-hydrogen) atoms. The molecule has 0 saturated heterocycles. The molecule has 1 aliphatic carbocycles. The summed E-state index contributed by atoms with van der Waals surface area (Å²) in [6.45, 7) is 2.18. The third-order valence-electron chi connectivity index (χ3n) is 3.49. The first-order valence-electron chi connectivity index (χ1n) is 6.04. The predicted octanol–water partition coefficient (Wildman–Crippen LogP) is 2.55. The molecule has 0 aliphatic heterocycles. The Morgan fingerprint density at radius 2 is 2.33 bits per heavy atom. The summed E-state index contributed by atoms with van der Waals surface area (Å²) in [6.07, 6.45) is 2.26. The highest BCUT2D eigenvalue weighted by Crippen LogP contribution is 2.47. The number of aromatic nitrogens is 4. The Kier molecular flexibility index (Phi) is 2.70. The van der Waals surface area contributed by atoms with E-state index in [-0.39, 0.29) is 0 Å². The van der Waals surface area contributed by atoms with E-state index >= 15 is 0 Å². The van der Waals surface area contributed by atoms with Crippen LogP contribution in [0.2, 0.25) is 5.02 Å². The summed E-state index contributed by atoms with van der Waals surface area (Å²) in [6, 6.07) is 5.82. The lowest BCUT2D eigenvalue weighted by atomic mass is 10.1. The molecule has 0 radical (unpaired) electrons. The number of hydrogen-bond donors (Lipinski definition) is 1. The fourth-order valence-corrected chi connectivity index (χ4v) is 2.59. The van der Waals surface area contributed by atoms with E-state index in [0.29, 0.717) is 28.5 Å². The van der Waals surface area contributed by atoms with Gasteiger partial charge in [-0.1, -0.05) is 31.0 Å². The minimum atomic E-state index is 0.385. The molecule has 2 N–H and O–H groups in total. The maximum Gasteiger partial charge on any atom is 0.185 e. The van der Waals surface area contributed by atoms with Crippen LogP contribution in [0.15, 0.2) is 18.2 Å². The lowest BCUT2D eigenvalue weighted by Crippen LogP contribution is -2.03. The Bertz CT molecular complexity index is 559. The van der Waals surface area contributed by atoms with E-state index in [9.17, 15) is 0 Å². The van der Waals surface area contributed by atoms with Crippen molar-refractivity contribution in [2.45, 2.75) is 25.8 Å². The zero-order chi connectivity index (χ0) is 12.7. The molecule has 5 nitrogen and oxygen atoms in total. The van der Waals surface area contributed by atoms with E-state index in [1.165, 1.54) is 0 Å². The van der Waals surface area contributed by atoms with Gasteiger partial charge in [0.15, 0.2) is 5.82 Å². The predicted molar refractivity (Wildman–Crippen MR) is 70.1 cm³/mol. The minimum Gasteiger partial charge on any atom is -0.398 e. The Morgan fingerprint density at radius 3 is 3.00 bits per heavy atom. The molecule has 1 aliphatic rings. The van der Waals surface area contributed by atoms with Crippen molar-refractivity contribution in [2.75, 3.05) is 5.73 Å². The fourth-order valence-electron chi connectivity index (χ4n) is 2.33. The van der Waals surface area contributed by atoms with E-state index in [0.717, 1.165) is 18.4 Å². The molecule has 2 aromatic rings. The van der Waals surface area contributed by atoms with E-state index in [1.807, 2.05) is 16.8 Å². The number of nitrogen functional groups attached to an aromatic ring is 1. The molecule has 3 rings (SSSR count). The molecule has 0 spiro atoms. The van der Waals surface area contributed by atoms with Gasteiger partial charge in [-0.2, -0.15) is 0 Å². The van der Waals surface area contributed by atoms with Crippen molar-refractivity contribution in [1.29, 1.82) is 0 Å². The summed E-state index contributed by atoms with van der Waals surface area (Å²) in [4.78, 5) is 0. The van der Waals surface area contributed by atoms with E-state index in [4.69, 9.17) is 17.3 Å². The third kappa shape index (κ3) is 1.75. The highest BCUT2D eigenvalue weighted by Gasteiger charge is 2.40. The van der Waals surface area contributed by atoms with Crippen LogP contribution in [0.25, 0.3) is 11.4 Å². The molecule has 1 aromatic heterocycles. The highest BCUT2D eigenvalue weighted by molar-refractivity contribution is 6.33. The van der Waals surface area contributed by atoms with Crippen LogP contribution in [0.4, 0.5) is 5.69 Å². The molecule has 0 amide bonds. The van der Waals surface area contributed by atoms with Crippen LogP contribution in [0, 0.1) is 5.92 Å². The van der Waals surface area contributed by atoms with Crippen molar-refractivity contribution < 1.29 is 0 Å². The first kappa shape index (κ1) is 11.5. The maximum absolute atomic E-state index is 6.20. The summed E-state index contributed by atoms with van der Waals surface area (Å²) in [7, 11) is 0. The molecule has 2 unspecified atom stereocenters. The van der Waals surface area contributed by atoms with Gasteiger partial charge in [0.2, 0.25) is 0 Å². The standard InChI is InChI=1S/C12H14ClN5/c1-2-7-6-10(7)18-12(15-16-17-18)11-8(13)4-3-5-9(11)14/h3-5,7,10H,2,6,14H2,1H3. The minimum absolute atomic E-state index is 0.385. The Labute approximate surface area is 110 Å². The van der Waals surface area contributed by atoms with Crippen LogP contribution in [0.3, 0.4) is 0 Å². The molecule has 94 valence electrons. The van der Waals surface area contributed by atoms with Crippen molar-refractivity contribution in [1.82, 2.24) is 20.2 Å². The summed E-state index contributed by atoms with van der Waals surface area (Å²) in [5.74, 6) is 1.33. The number of hydrogen-bond acceptors (Lipinski definition) is 4. The van der Waals surface area contributed by atoms with Gasteiger partial charge in [-0.25, -0.2) is 4.68 Å². The molecule has 6 heteroatoms. The number of anilines is 1.